The fourth-order valence-electron chi connectivity index (χ4n) is 4.21. The van der Waals surface area contributed by atoms with E-state index >= 15 is 0 Å². The quantitative estimate of drug-likeness (QED) is 0.436. The van der Waals surface area contributed by atoms with E-state index in [0.717, 1.165) is 44.6 Å². The second kappa shape index (κ2) is 7.30. The predicted octanol–water partition coefficient (Wildman–Crippen LogP) is 2.95. The van der Waals surface area contributed by atoms with Gasteiger partial charge in [0.1, 0.15) is 5.75 Å². The Morgan fingerprint density at radius 3 is 2.62 bits per heavy atom. The molecule has 0 aromatic carbocycles. The number of methoxy groups -OCH3 is 1. The van der Waals surface area contributed by atoms with Crippen LogP contribution < -0.4 is 10.4 Å². The summed E-state index contributed by atoms with van der Waals surface area (Å²) in [6.45, 7) is 3.99. The summed E-state index contributed by atoms with van der Waals surface area (Å²) in [5, 5.41) is 5.55. The molecule has 9 heteroatoms. The largest absolute Gasteiger partial charge is 0.496 e. The fourth-order valence-corrected chi connectivity index (χ4v) is 4.21. The third-order valence-electron chi connectivity index (χ3n) is 5.89. The van der Waals surface area contributed by atoms with Gasteiger partial charge in [-0.05, 0) is 25.5 Å². The van der Waals surface area contributed by atoms with Gasteiger partial charge in [0, 0.05) is 43.6 Å². The van der Waals surface area contributed by atoms with Crippen LogP contribution in [0.5, 0.6) is 5.75 Å². The molecule has 0 N–H and O–H groups in total. The van der Waals surface area contributed by atoms with Crippen LogP contribution in [0.1, 0.15) is 18.3 Å². The Labute approximate surface area is 183 Å². The Morgan fingerprint density at radius 1 is 1.06 bits per heavy atom. The summed E-state index contributed by atoms with van der Waals surface area (Å²) < 4.78 is 10.6. The fraction of sp³-hybridized carbons (Fsp3) is 0.261. The van der Waals surface area contributed by atoms with Crippen molar-refractivity contribution in [1.82, 2.24) is 33.9 Å². The first-order chi connectivity index (χ1) is 15.4. The molecule has 0 saturated heterocycles. The van der Waals surface area contributed by atoms with Crippen LogP contribution in [0.15, 0.2) is 41.6 Å². The van der Waals surface area contributed by atoms with Gasteiger partial charge in [0.25, 0.3) is 0 Å². The minimum Gasteiger partial charge on any atom is -0.496 e. The van der Waals surface area contributed by atoms with E-state index in [1.165, 1.54) is 0 Å². The summed E-state index contributed by atoms with van der Waals surface area (Å²) in [5.41, 5.74) is 5.70. The van der Waals surface area contributed by atoms with Crippen molar-refractivity contribution in [2.45, 2.75) is 20.3 Å². The van der Waals surface area contributed by atoms with Crippen LogP contribution in [0, 0.1) is 6.92 Å². The molecule has 0 fully saturated rings. The van der Waals surface area contributed by atoms with Crippen LogP contribution in [0.4, 0.5) is 0 Å². The number of aromatic nitrogens is 7. The maximum atomic E-state index is 12.5. The summed E-state index contributed by atoms with van der Waals surface area (Å²) in [6, 6.07) is 5.69. The van der Waals surface area contributed by atoms with Crippen LogP contribution in [0.25, 0.3) is 39.0 Å². The lowest BCUT2D eigenvalue weighted by atomic mass is 10.1. The van der Waals surface area contributed by atoms with Crippen molar-refractivity contribution in [3.8, 4) is 22.8 Å². The Hall–Kier alpha value is -4.01. The van der Waals surface area contributed by atoms with E-state index < -0.39 is 0 Å². The van der Waals surface area contributed by atoms with E-state index in [1.54, 1.807) is 53.6 Å². The monoisotopic (exact) mass is 429 g/mol. The van der Waals surface area contributed by atoms with Crippen molar-refractivity contribution in [3.05, 3.63) is 58.7 Å². The van der Waals surface area contributed by atoms with E-state index in [4.69, 9.17) is 14.7 Å². The molecule has 5 aromatic heterocycles. The van der Waals surface area contributed by atoms with Gasteiger partial charge in [0.2, 0.25) is 0 Å². The first-order valence-electron chi connectivity index (χ1n) is 10.3. The number of nitrogens with zero attached hydrogens (tertiary/aromatic N) is 7. The lowest BCUT2D eigenvalue weighted by Crippen LogP contribution is -2.19. The molecular weight excluding hydrogens is 406 g/mol. The normalized spacial score (nSPS) is 11.5. The molecule has 0 atom stereocenters. The van der Waals surface area contributed by atoms with Crippen molar-refractivity contribution in [1.29, 1.82) is 0 Å². The van der Waals surface area contributed by atoms with Crippen molar-refractivity contribution >= 4 is 21.9 Å². The SMILES string of the molecule is CCc1nc(-n2ncc3c(C)nc(-c4cnccc4OC)cc32)cc2c1n(C)c(=O)n2C. The average Bonchev–Trinajstić information content (AvgIpc) is 3.34. The number of hydrogen-bond donors (Lipinski definition) is 0. The van der Waals surface area contributed by atoms with Crippen LogP contribution in [0.2, 0.25) is 0 Å². The summed E-state index contributed by atoms with van der Waals surface area (Å²) in [4.78, 5) is 26.4. The zero-order chi connectivity index (χ0) is 22.6. The van der Waals surface area contributed by atoms with E-state index in [1.807, 2.05) is 32.0 Å². The standard InChI is InChI=1S/C23H23N7O2/c1-6-16-22-19(28(3)23(31)29(22)4)10-21(27-16)30-18-9-17(26-13(2)14(18)12-25-30)15-11-24-8-7-20(15)32-5/h7-12H,6H2,1-5H3. The molecule has 0 aliphatic carbocycles. The number of imidazole rings is 1. The number of aryl methyl sites for hydroxylation is 4. The number of pyridine rings is 3. The summed E-state index contributed by atoms with van der Waals surface area (Å²) in [7, 11) is 5.18. The molecule has 9 nitrogen and oxygen atoms in total. The van der Waals surface area contributed by atoms with Gasteiger partial charge in [-0.3, -0.25) is 19.1 Å². The summed E-state index contributed by atoms with van der Waals surface area (Å²) >= 11 is 0. The van der Waals surface area contributed by atoms with Crippen LogP contribution in [-0.4, -0.2) is 41.0 Å². The molecule has 0 bridgehead atoms. The van der Waals surface area contributed by atoms with Crippen molar-refractivity contribution in [3.63, 3.8) is 0 Å². The zero-order valence-electron chi connectivity index (χ0n) is 18.6. The molecule has 0 aliphatic heterocycles. The van der Waals surface area contributed by atoms with Crippen LogP contribution in [0.3, 0.4) is 0 Å². The molecular formula is C23H23N7O2. The first-order valence-corrected chi connectivity index (χ1v) is 10.3. The zero-order valence-corrected chi connectivity index (χ0v) is 18.6. The number of fused-ring (bicyclic) bond motifs is 2. The summed E-state index contributed by atoms with van der Waals surface area (Å²) in [6.07, 6.45) is 5.92. The lowest BCUT2D eigenvalue weighted by molar-refractivity contribution is 0.416. The van der Waals surface area contributed by atoms with Crippen molar-refractivity contribution in [2.24, 2.45) is 14.1 Å². The molecule has 32 heavy (non-hydrogen) atoms. The van der Waals surface area contributed by atoms with Gasteiger partial charge in [-0.1, -0.05) is 6.92 Å². The Morgan fingerprint density at radius 2 is 1.88 bits per heavy atom. The van der Waals surface area contributed by atoms with Gasteiger partial charge in [-0.25, -0.2) is 14.5 Å². The highest BCUT2D eigenvalue weighted by atomic mass is 16.5. The molecule has 0 aliphatic rings. The van der Waals surface area contributed by atoms with Gasteiger partial charge in [0.05, 0.1) is 46.8 Å². The Balaban J connectivity index is 1.79. The molecule has 0 radical (unpaired) electrons. The molecule has 0 amide bonds. The van der Waals surface area contributed by atoms with Crippen LogP contribution in [-0.2, 0) is 20.5 Å². The van der Waals surface area contributed by atoms with Crippen molar-refractivity contribution in [2.75, 3.05) is 7.11 Å². The molecule has 0 unspecified atom stereocenters. The second-order valence-corrected chi connectivity index (χ2v) is 7.71. The third kappa shape index (κ3) is 2.81. The van der Waals surface area contributed by atoms with Gasteiger partial charge >= 0.3 is 5.69 Å². The van der Waals surface area contributed by atoms with E-state index in [-0.39, 0.29) is 5.69 Å². The minimum absolute atomic E-state index is 0.0787. The lowest BCUT2D eigenvalue weighted by Gasteiger charge is -2.11. The molecule has 0 saturated carbocycles. The minimum atomic E-state index is -0.0787. The van der Waals surface area contributed by atoms with Crippen molar-refractivity contribution < 1.29 is 4.74 Å². The maximum Gasteiger partial charge on any atom is 0.328 e. The van der Waals surface area contributed by atoms with Gasteiger partial charge in [-0.15, -0.1) is 0 Å². The topological polar surface area (TPSA) is 92.7 Å². The van der Waals surface area contributed by atoms with Gasteiger partial charge in [-0.2, -0.15) is 5.10 Å². The Kier molecular flexibility index (Phi) is 4.54. The number of rotatable bonds is 4. The highest BCUT2D eigenvalue weighted by Gasteiger charge is 2.18. The molecule has 5 rings (SSSR count). The van der Waals surface area contributed by atoms with Crippen LogP contribution >= 0.6 is 0 Å². The molecule has 0 spiro atoms. The number of hydrogen-bond acceptors (Lipinski definition) is 6. The first kappa shape index (κ1) is 19.9. The highest BCUT2D eigenvalue weighted by Crippen LogP contribution is 2.31. The maximum absolute atomic E-state index is 12.5. The predicted molar refractivity (Wildman–Crippen MR) is 122 cm³/mol. The summed E-state index contributed by atoms with van der Waals surface area (Å²) in [5.74, 6) is 1.35. The number of ether oxygens (including phenoxy) is 1. The average molecular weight is 429 g/mol. The smallest absolute Gasteiger partial charge is 0.328 e. The van der Waals surface area contributed by atoms with E-state index in [0.29, 0.717) is 18.0 Å². The molecule has 5 aromatic rings. The molecule has 5 heterocycles. The van der Waals surface area contributed by atoms with E-state index in [2.05, 4.69) is 10.1 Å². The van der Waals surface area contributed by atoms with Gasteiger partial charge < -0.3 is 4.74 Å². The second-order valence-electron chi connectivity index (χ2n) is 7.71. The van der Waals surface area contributed by atoms with Gasteiger partial charge in [0.15, 0.2) is 5.82 Å². The van der Waals surface area contributed by atoms with E-state index in [9.17, 15) is 4.79 Å². The Bertz CT molecular complexity index is 1560. The highest BCUT2D eigenvalue weighted by molar-refractivity contribution is 5.87. The molecule has 162 valence electrons. The third-order valence-corrected chi connectivity index (χ3v) is 5.89.